The smallest absolute Gasteiger partial charge is 0.257 e. The molecule has 0 spiro atoms. The zero-order valence-electron chi connectivity index (χ0n) is 13.9. The Labute approximate surface area is 148 Å². The molecule has 0 saturated carbocycles. The average Bonchev–Trinajstić information content (AvgIpc) is 2.67. The standard InChI is InChI=1S/C18H22N3O3P/c22-18-17(25(23)20-13-16-9-4-5-11-19-16)10-6-12-21(18)24-14-15-7-2-1-3-8-15/h1-5,7-9,11,17,20,23H,6,10,12-14H2. The van der Waals surface area contributed by atoms with Gasteiger partial charge in [-0.25, -0.2) is 5.06 Å². The van der Waals surface area contributed by atoms with E-state index in [1.54, 1.807) is 6.20 Å². The van der Waals surface area contributed by atoms with E-state index < -0.39 is 14.0 Å². The largest absolute Gasteiger partial charge is 0.358 e. The Balaban J connectivity index is 1.52. The van der Waals surface area contributed by atoms with Gasteiger partial charge in [0, 0.05) is 19.3 Å². The Morgan fingerprint density at radius 1 is 1.24 bits per heavy atom. The second-order valence-electron chi connectivity index (χ2n) is 5.86. The first kappa shape index (κ1) is 18.0. The van der Waals surface area contributed by atoms with Gasteiger partial charge in [-0.15, -0.1) is 0 Å². The van der Waals surface area contributed by atoms with Crippen LogP contribution < -0.4 is 5.09 Å². The molecule has 0 aliphatic carbocycles. The number of piperidine rings is 1. The zero-order chi connectivity index (χ0) is 17.5. The Morgan fingerprint density at radius 3 is 2.80 bits per heavy atom. The van der Waals surface area contributed by atoms with E-state index in [4.69, 9.17) is 4.84 Å². The van der Waals surface area contributed by atoms with Gasteiger partial charge in [-0.05, 0) is 30.5 Å². The van der Waals surface area contributed by atoms with Crippen molar-refractivity contribution in [2.45, 2.75) is 31.7 Å². The number of carbonyl (C=O) groups excluding carboxylic acids is 1. The van der Waals surface area contributed by atoms with Crippen LogP contribution in [0.5, 0.6) is 0 Å². The van der Waals surface area contributed by atoms with Gasteiger partial charge in [-0.1, -0.05) is 36.4 Å². The van der Waals surface area contributed by atoms with Crippen LogP contribution in [0, 0.1) is 0 Å². The van der Waals surface area contributed by atoms with Crippen LogP contribution >= 0.6 is 8.30 Å². The molecule has 1 fully saturated rings. The van der Waals surface area contributed by atoms with E-state index in [2.05, 4.69) is 10.1 Å². The van der Waals surface area contributed by atoms with Crippen LogP contribution in [0.1, 0.15) is 24.1 Å². The monoisotopic (exact) mass is 359 g/mol. The zero-order valence-corrected chi connectivity index (χ0v) is 14.8. The maximum Gasteiger partial charge on any atom is 0.257 e. The summed E-state index contributed by atoms with van der Waals surface area (Å²) < 4.78 is 0. The number of hydrogen-bond donors (Lipinski definition) is 2. The highest BCUT2D eigenvalue weighted by atomic mass is 31.2. The van der Waals surface area contributed by atoms with Crippen molar-refractivity contribution in [3.05, 3.63) is 66.0 Å². The molecule has 25 heavy (non-hydrogen) atoms. The highest BCUT2D eigenvalue weighted by Crippen LogP contribution is 2.38. The van der Waals surface area contributed by atoms with Crippen LogP contribution in [0.3, 0.4) is 0 Å². The molecule has 2 aromatic rings. The third-order valence-corrected chi connectivity index (χ3v) is 5.59. The van der Waals surface area contributed by atoms with Crippen LogP contribution in [0.15, 0.2) is 54.7 Å². The lowest BCUT2D eigenvalue weighted by Gasteiger charge is -2.33. The molecule has 1 aliphatic heterocycles. The second-order valence-corrected chi connectivity index (χ2v) is 7.49. The molecule has 2 atom stereocenters. The van der Waals surface area contributed by atoms with Crippen molar-refractivity contribution in [3.63, 3.8) is 0 Å². The van der Waals surface area contributed by atoms with Crippen molar-refractivity contribution < 1.29 is 14.5 Å². The van der Waals surface area contributed by atoms with Crippen molar-refractivity contribution >= 4 is 14.2 Å². The van der Waals surface area contributed by atoms with Crippen LogP contribution in [0.2, 0.25) is 0 Å². The molecule has 6 nitrogen and oxygen atoms in total. The summed E-state index contributed by atoms with van der Waals surface area (Å²) in [4.78, 5) is 32.9. The summed E-state index contributed by atoms with van der Waals surface area (Å²) >= 11 is 0. The Kier molecular flexibility index (Phi) is 6.48. The summed E-state index contributed by atoms with van der Waals surface area (Å²) in [5, 5.41) is 4.45. The molecule has 2 N–H and O–H groups in total. The highest BCUT2D eigenvalue weighted by Gasteiger charge is 2.35. The third-order valence-electron chi connectivity index (χ3n) is 4.04. The molecule has 1 amide bonds. The minimum absolute atomic E-state index is 0.149. The topological polar surface area (TPSA) is 74.7 Å². The summed E-state index contributed by atoms with van der Waals surface area (Å²) in [6.07, 6.45) is 3.19. The fourth-order valence-corrected chi connectivity index (χ4v) is 3.99. The summed E-state index contributed by atoms with van der Waals surface area (Å²) in [6.45, 7) is 1.35. The molecule has 7 heteroatoms. The van der Waals surface area contributed by atoms with E-state index in [9.17, 15) is 9.69 Å². The van der Waals surface area contributed by atoms with Gasteiger partial charge in [-0.2, -0.15) is 0 Å². The summed E-state index contributed by atoms with van der Waals surface area (Å²) in [7, 11) is -1.61. The molecule has 0 bridgehead atoms. The number of nitrogens with zero attached hydrogens (tertiary/aromatic N) is 2. The van der Waals surface area contributed by atoms with Gasteiger partial charge in [0.05, 0.1) is 11.4 Å². The molecular formula is C18H22N3O3P. The average molecular weight is 359 g/mol. The molecule has 2 unspecified atom stereocenters. The minimum Gasteiger partial charge on any atom is -0.358 e. The first-order valence-electron chi connectivity index (χ1n) is 8.34. The normalized spacial score (nSPS) is 19.0. The van der Waals surface area contributed by atoms with Crippen LogP contribution in [0.25, 0.3) is 0 Å². The number of hydrogen-bond acceptors (Lipinski definition) is 5. The fraction of sp³-hybridized carbons (Fsp3) is 0.333. The molecule has 2 heterocycles. The summed E-state index contributed by atoms with van der Waals surface area (Å²) in [5.74, 6) is -0.149. The van der Waals surface area contributed by atoms with Crippen LogP contribution in [0.4, 0.5) is 0 Å². The predicted octanol–water partition coefficient (Wildman–Crippen LogP) is 2.60. The van der Waals surface area contributed by atoms with Crippen LogP contribution in [-0.2, 0) is 22.8 Å². The maximum absolute atomic E-state index is 12.6. The number of aromatic nitrogens is 1. The first-order chi connectivity index (χ1) is 12.2. The SMILES string of the molecule is O=C1C(P(O)NCc2ccccn2)CCCN1OCc1ccccc1. The highest BCUT2D eigenvalue weighted by molar-refractivity contribution is 7.51. The molecule has 3 rings (SSSR count). The fourth-order valence-electron chi connectivity index (χ4n) is 2.68. The number of pyridine rings is 1. The number of rotatable bonds is 7. The van der Waals surface area contributed by atoms with E-state index in [0.717, 1.165) is 17.7 Å². The summed E-state index contributed by atoms with van der Waals surface area (Å²) in [6, 6.07) is 15.4. The van der Waals surface area contributed by atoms with Crippen LogP contribution in [-0.4, -0.2) is 33.1 Å². The number of benzene rings is 1. The van der Waals surface area contributed by atoms with E-state index in [1.807, 2.05) is 48.5 Å². The van der Waals surface area contributed by atoms with E-state index >= 15 is 0 Å². The second kappa shape index (κ2) is 9.02. The Hall–Kier alpha value is -1.85. The van der Waals surface area contributed by atoms with E-state index in [0.29, 0.717) is 26.1 Å². The molecule has 132 valence electrons. The minimum atomic E-state index is -1.61. The van der Waals surface area contributed by atoms with Gasteiger partial charge in [0.2, 0.25) is 0 Å². The van der Waals surface area contributed by atoms with Gasteiger partial charge in [0.1, 0.15) is 14.9 Å². The molecule has 1 aliphatic rings. The Morgan fingerprint density at radius 2 is 2.04 bits per heavy atom. The molecule has 1 aromatic carbocycles. The number of carbonyl (C=O) groups is 1. The van der Waals surface area contributed by atoms with Crippen molar-refractivity contribution in [1.29, 1.82) is 0 Å². The lowest BCUT2D eigenvalue weighted by molar-refractivity contribution is -0.196. The quantitative estimate of drug-likeness (QED) is 0.744. The van der Waals surface area contributed by atoms with Crippen molar-refractivity contribution in [2.24, 2.45) is 0 Å². The van der Waals surface area contributed by atoms with E-state index in [1.165, 1.54) is 5.06 Å². The predicted molar refractivity (Wildman–Crippen MR) is 96.2 cm³/mol. The summed E-state index contributed by atoms with van der Waals surface area (Å²) in [5.41, 5.74) is 1.41. The van der Waals surface area contributed by atoms with Gasteiger partial charge < -0.3 is 4.89 Å². The molecule has 1 saturated heterocycles. The van der Waals surface area contributed by atoms with E-state index in [-0.39, 0.29) is 5.91 Å². The number of hydroxylamine groups is 2. The Bertz CT molecular complexity index is 672. The van der Waals surface area contributed by atoms with Gasteiger partial charge in [-0.3, -0.25) is 19.7 Å². The van der Waals surface area contributed by atoms with Crippen molar-refractivity contribution in [2.75, 3.05) is 6.54 Å². The van der Waals surface area contributed by atoms with Crippen molar-refractivity contribution in [3.8, 4) is 0 Å². The lowest BCUT2D eigenvalue weighted by atomic mass is 10.1. The van der Waals surface area contributed by atoms with Crippen molar-refractivity contribution in [1.82, 2.24) is 15.1 Å². The molecule has 1 aromatic heterocycles. The maximum atomic E-state index is 12.6. The molecular weight excluding hydrogens is 337 g/mol. The molecule has 0 radical (unpaired) electrons. The van der Waals surface area contributed by atoms with Gasteiger partial charge >= 0.3 is 0 Å². The first-order valence-corrected chi connectivity index (χ1v) is 9.70. The third kappa shape index (κ3) is 5.06. The number of nitrogens with one attached hydrogen (secondary N) is 1. The lowest BCUT2D eigenvalue weighted by Crippen LogP contribution is -2.44. The van der Waals surface area contributed by atoms with Gasteiger partial charge in [0.25, 0.3) is 5.91 Å². The number of amides is 1. The van der Waals surface area contributed by atoms with Gasteiger partial charge in [0.15, 0.2) is 0 Å².